The van der Waals surface area contributed by atoms with Gasteiger partial charge in [0, 0.05) is 0 Å². The first kappa shape index (κ1) is 15.5. The monoisotopic (exact) mass is 269 g/mol. The van der Waals surface area contributed by atoms with Crippen molar-refractivity contribution >= 4 is 12.1 Å². The van der Waals surface area contributed by atoms with Crippen molar-refractivity contribution in [1.82, 2.24) is 5.32 Å². The number of alkyl carbamates (subject to hydrolysis) is 1. The van der Waals surface area contributed by atoms with Crippen LogP contribution >= 0.6 is 0 Å². The number of ether oxygens (including phenoxy) is 1. The van der Waals surface area contributed by atoms with E-state index in [-0.39, 0.29) is 18.4 Å². The summed E-state index contributed by atoms with van der Waals surface area (Å²) in [5.41, 5.74) is 0. The number of rotatable bonds is 7. The second-order valence-electron chi connectivity index (χ2n) is 5.23. The molecule has 2 N–H and O–H groups in total. The molecular formula is C14H23NO4. The lowest BCUT2D eigenvalue weighted by Crippen LogP contribution is -2.45. The zero-order chi connectivity index (χ0) is 14.3. The molecule has 19 heavy (non-hydrogen) atoms. The molecule has 108 valence electrons. The predicted octanol–water partition coefficient (Wildman–Crippen LogP) is 2.57. The van der Waals surface area contributed by atoms with Gasteiger partial charge in [-0.3, -0.25) is 0 Å². The fourth-order valence-electron chi connectivity index (χ4n) is 2.41. The Morgan fingerprint density at radius 3 is 2.63 bits per heavy atom. The standard InChI is InChI=1S/C14H23NO4/c1-3-6-10(2)9-19-14(18)15-12(13(16)17)11-7-4-5-8-11/h3,10-12H,1,4-9H2,2H3,(H,15,18)(H,16,17)/t10?,12-/m0/s1. The van der Waals surface area contributed by atoms with Crippen LogP contribution in [0.2, 0.25) is 0 Å². The van der Waals surface area contributed by atoms with Gasteiger partial charge in [-0.2, -0.15) is 0 Å². The molecule has 0 aromatic rings. The minimum absolute atomic E-state index is 0.0237. The SMILES string of the molecule is C=CCC(C)COC(=O)N[C@H](C(=O)O)C1CCCC1. The maximum atomic E-state index is 11.6. The molecule has 1 amide bonds. The molecule has 2 atom stereocenters. The van der Waals surface area contributed by atoms with Crippen molar-refractivity contribution in [1.29, 1.82) is 0 Å². The number of carbonyl (C=O) groups is 2. The summed E-state index contributed by atoms with van der Waals surface area (Å²) in [7, 11) is 0. The van der Waals surface area contributed by atoms with Crippen molar-refractivity contribution < 1.29 is 19.4 Å². The van der Waals surface area contributed by atoms with E-state index in [0.717, 1.165) is 32.1 Å². The van der Waals surface area contributed by atoms with E-state index in [1.165, 1.54) is 0 Å². The highest BCUT2D eigenvalue weighted by Gasteiger charge is 2.32. The third-order valence-corrected chi connectivity index (χ3v) is 3.48. The average Bonchev–Trinajstić information content (AvgIpc) is 2.87. The molecule has 1 fully saturated rings. The zero-order valence-electron chi connectivity index (χ0n) is 11.4. The van der Waals surface area contributed by atoms with Crippen LogP contribution in [0, 0.1) is 11.8 Å². The average molecular weight is 269 g/mol. The Morgan fingerprint density at radius 2 is 2.11 bits per heavy atom. The van der Waals surface area contributed by atoms with Gasteiger partial charge in [-0.1, -0.05) is 25.8 Å². The molecule has 1 unspecified atom stereocenters. The second-order valence-corrected chi connectivity index (χ2v) is 5.23. The molecule has 1 aliphatic carbocycles. The summed E-state index contributed by atoms with van der Waals surface area (Å²) >= 11 is 0. The molecule has 1 rings (SSSR count). The van der Waals surface area contributed by atoms with Crippen molar-refractivity contribution in [3.05, 3.63) is 12.7 Å². The highest BCUT2D eigenvalue weighted by molar-refractivity contribution is 5.80. The molecule has 0 spiro atoms. The number of nitrogens with one attached hydrogen (secondary N) is 1. The van der Waals surface area contributed by atoms with Gasteiger partial charge in [0.05, 0.1) is 6.61 Å². The van der Waals surface area contributed by atoms with Crippen molar-refractivity contribution in [3.8, 4) is 0 Å². The summed E-state index contributed by atoms with van der Waals surface area (Å²) < 4.78 is 5.04. The third-order valence-electron chi connectivity index (χ3n) is 3.48. The normalized spacial score (nSPS) is 18.6. The fourth-order valence-corrected chi connectivity index (χ4v) is 2.41. The lowest BCUT2D eigenvalue weighted by atomic mass is 9.98. The van der Waals surface area contributed by atoms with Crippen LogP contribution in [-0.4, -0.2) is 29.8 Å². The molecule has 0 saturated heterocycles. The Kier molecular flexibility index (Phi) is 6.39. The molecule has 0 radical (unpaired) electrons. The summed E-state index contributed by atoms with van der Waals surface area (Å²) in [4.78, 5) is 22.8. The predicted molar refractivity (Wildman–Crippen MR) is 71.8 cm³/mol. The van der Waals surface area contributed by atoms with Crippen molar-refractivity contribution in [3.63, 3.8) is 0 Å². The first-order valence-electron chi connectivity index (χ1n) is 6.81. The van der Waals surface area contributed by atoms with E-state index in [9.17, 15) is 9.59 Å². The molecule has 1 aliphatic rings. The van der Waals surface area contributed by atoms with Crippen LogP contribution in [0.25, 0.3) is 0 Å². The Morgan fingerprint density at radius 1 is 1.47 bits per heavy atom. The number of allylic oxidation sites excluding steroid dienone is 1. The Hall–Kier alpha value is -1.52. The number of amides is 1. The molecule has 0 aromatic heterocycles. The van der Waals surface area contributed by atoms with Gasteiger partial charge in [-0.25, -0.2) is 9.59 Å². The second kappa shape index (κ2) is 7.81. The van der Waals surface area contributed by atoms with E-state index in [2.05, 4.69) is 11.9 Å². The van der Waals surface area contributed by atoms with Gasteiger partial charge in [0.1, 0.15) is 6.04 Å². The third kappa shape index (κ3) is 5.32. The topological polar surface area (TPSA) is 75.6 Å². The van der Waals surface area contributed by atoms with Crippen LogP contribution in [-0.2, 0) is 9.53 Å². The largest absolute Gasteiger partial charge is 0.480 e. The summed E-state index contributed by atoms with van der Waals surface area (Å²) in [6.07, 6.45) is 5.65. The highest BCUT2D eigenvalue weighted by atomic mass is 16.5. The van der Waals surface area contributed by atoms with Gasteiger partial charge in [0.2, 0.25) is 0 Å². The molecule has 0 heterocycles. The van der Waals surface area contributed by atoms with Gasteiger partial charge in [0.25, 0.3) is 0 Å². The lowest BCUT2D eigenvalue weighted by molar-refractivity contribution is -0.140. The first-order chi connectivity index (χ1) is 9.04. The van der Waals surface area contributed by atoms with E-state index in [4.69, 9.17) is 9.84 Å². The van der Waals surface area contributed by atoms with Crippen LogP contribution in [0.3, 0.4) is 0 Å². The Balaban J connectivity index is 2.38. The lowest BCUT2D eigenvalue weighted by Gasteiger charge is -2.20. The number of carboxylic acids is 1. The fraction of sp³-hybridized carbons (Fsp3) is 0.714. The highest BCUT2D eigenvalue weighted by Crippen LogP contribution is 2.27. The van der Waals surface area contributed by atoms with E-state index in [1.54, 1.807) is 6.08 Å². The van der Waals surface area contributed by atoms with Gasteiger partial charge < -0.3 is 15.2 Å². The first-order valence-corrected chi connectivity index (χ1v) is 6.81. The molecule has 0 aliphatic heterocycles. The maximum Gasteiger partial charge on any atom is 0.407 e. The number of carboxylic acid groups (broad SMARTS) is 1. The minimum atomic E-state index is -0.983. The van der Waals surface area contributed by atoms with Crippen molar-refractivity contribution in [2.75, 3.05) is 6.61 Å². The Labute approximate surface area is 114 Å². The summed E-state index contributed by atoms with van der Waals surface area (Å²) in [5.74, 6) is -0.767. The number of hydrogen-bond donors (Lipinski definition) is 2. The number of aliphatic carboxylic acids is 1. The van der Waals surface area contributed by atoms with Crippen LogP contribution in [0.5, 0.6) is 0 Å². The van der Waals surface area contributed by atoms with Crippen LogP contribution in [0.1, 0.15) is 39.0 Å². The minimum Gasteiger partial charge on any atom is -0.480 e. The van der Waals surface area contributed by atoms with E-state index in [0.29, 0.717) is 0 Å². The number of carbonyl (C=O) groups excluding carboxylic acids is 1. The van der Waals surface area contributed by atoms with Crippen LogP contribution in [0.15, 0.2) is 12.7 Å². The molecule has 5 heteroatoms. The summed E-state index contributed by atoms with van der Waals surface area (Å²) in [6, 6.07) is -0.829. The number of hydrogen-bond acceptors (Lipinski definition) is 3. The zero-order valence-corrected chi connectivity index (χ0v) is 11.4. The van der Waals surface area contributed by atoms with Crippen LogP contribution < -0.4 is 5.32 Å². The Bertz CT molecular complexity index is 323. The van der Waals surface area contributed by atoms with Gasteiger partial charge in [-0.15, -0.1) is 6.58 Å². The van der Waals surface area contributed by atoms with Gasteiger partial charge >= 0.3 is 12.1 Å². The van der Waals surface area contributed by atoms with E-state index >= 15 is 0 Å². The maximum absolute atomic E-state index is 11.6. The van der Waals surface area contributed by atoms with E-state index < -0.39 is 18.1 Å². The van der Waals surface area contributed by atoms with E-state index in [1.807, 2.05) is 6.92 Å². The van der Waals surface area contributed by atoms with Gasteiger partial charge in [0.15, 0.2) is 0 Å². The van der Waals surface area contributed by atoms with Gasteiger partial charge in [-0.05, 0) is 31.1 Å². The van der Waals surface area contributed by atoms with Crippen molar-refractivity contribution in [2.24, 2.45) is 11.8 Å². The molecule has 5 nitrogen and oxygen atoms in total. The molecule has 0 aromatic carbocycles. The van der Waals surface area contributed by atoms with Crippen molar-refractivity contribution in [2.45, 2.75) is 45.1 Å². The summed E-state index contributed by atoms with van der Waals surface area (Å²) in [6.45, 7) is 5.84. The molecule has 1 saturated carbocycles. The van der Waals surface area contributed by atoms with Crippen LogP contribution in [0.4, 0.5) is 4.79 Å². The summed E-state index contributed by atoms with van der Waals surface area (Å²) in [5, 5.41) is 11.6. The molecule has 0 bridgehead atoms. The smallest absolute Gasteiger partial charge is 0.407 e. The quantitative estimate of drug-likeness (QED) is 0.696. The molecular weight excluding hydrogens is 246 g/mol.